The average Bonchev–Trinajstić information content (AvgIpc) is 2.92. The first-order chi connectivity index (χ1) is 19.0. The molecular weight excluding hydrogens is 529 g/mol. The topological polar surface area (TPSA) is 97.2 Å². The number of esters is 1. The minimum absolute atomic E-state index is 0.140. The Balaban J connectivity index is 1.44. The van der Waals surface area contributed by atoms with E-state index in [4.69, 9.17) is 9.47 Å². The monoisotopic (exact) mass is 560 g/mol. The van der Waals surface area contributed by atoms with Gasteiger partial charge in [0, 0.05) is 49.7 Å². The molecule has 40 heavy (non-hydrogen) atoms. The summed E-state index contributed by atoms with van der Waals surface area (Å²) in [5.41, 5.74) is 1.12. The van der Waals surface area contributed by atoms with Gasteiger partial charge < -0.3 is 19.7 Å². The van der Waals surface area contributed by atoms with Gasteiger partial charge in [0.05, 0.1) is 28.9 Å². The van der Waals surface area contributed by atoms with Crippen LogP contribution in [0.2, 0.25) is 0 Å². The number of ether oxygens (including phenoxy) is 2. The number of nitrogens with zero attached hydrogens (tertiary/aromatic N) is 3. The van der Waals surface area contributed by atoms with Crippen LogP contribution in [-0.4, -0.2) is 62.2 Å². The fourth-order valence-electron chi connectivity index (χ4n) is 5.15. The molecular formula is C28H31F3N4O5. The molecule has 1 unspecified atom stereocenters. The number of rotatable bonds is 8. The summed E-state index contributed by atoms with van der Waals surface area (Å²) in [6.07, 6.45) is -4.39. The van der Waals surface area contributed by atoms with Crippen LogP contribution >= 0.6 is 0 Å². The Morgan fingerprint density at radius 2 is 1.77 bits per heavy atom. The zero-order valence-electron chi connectivity index (χ0n) is 22.5. The molecule has 2 aliphatic heterocycles. The fourth-order valence-corrected chi connectivity index (χ4v) is 5.15. The summed E-state index contributed by atoms with van der Waals surface area (Å²) >= 11 is 0. The average molecular weight is 561 g/mol. The van der Waals surface area contributed by atoms with Crippen LogP contribution in [0.5, 0.6) is 5.75 Å². The number of nitrogens with one attached hydrogen (secondary N) is 1. The molecule has 0 saturated carbocycles. The third kappa shape index (κ3) is 6.22. The number of piperazine rings is 1. The first kappa shape index (κ1) is 28.9. The smallest absolute Gasteiger partial charge is 0.416 e. The normalized spacial score (nSPS) is 18.4. The highest BCUT2D eigenvalue weighted by Gasteiger charge is 2.42. The molecule has 0 aromatic heterocycles. The van der Waals surface area contributed by atoms with Crippen LogP contribution in [0.15, 0.2) is 71.2 Å². The van der Waals surface area contributed by atoms with Crippen molar-refractivity contribution in [1.29, 1.82) is 0 Å². The molecule has 214 valence electrons. The highest BCUT2D eigenvalue weighted by atomic mass is 19.4. The summed E-state index contributed by atoms with van der Waals surface area (Å²) in [7, 11) is 1.23. The van der Waals surface area contributed by atoms with E-state index < -0.39 is 28.6 Å². The van der Waals surface area contributed by atoms with E-state index in [1.807, 2.05) is 4.90 Å². The highest BCUT2D eigenvalue weighted by molar-refractivity contribution is 5.92. The van der Waals surface area contributed by atoms with E-state index in [1.54, 1.807) is 44.2 Å². The Bertz CT molecular complexity index is 1330. The predicted molar refractivity (Wildman–Crippen MR) is 142 cm³/mol. The number of para-hydroxylation sites is 1. The number of dihydropyridines is 1. The van der Waals surface area contributed by atoms with Crippen LogP contribution in [0.1, 0.15) is 30.9 Å². The highest BCUT2D eigenvalue weighted by Crippen LogP contribution is 2.42. The molecule has 0 bridgehead atoms. The molecule has 9 nitrogen and oxygen atoms in total. The van der Waals surface area contributed by atoms with Gasteiger partial charge in [0.15, 0.2) is 0 Å². The molecule has 2 aromatic carbocycles. The second-order valence-electron chi connectivity index (χ2n) is 9.62. The van der Waals surface area contributed by atoms with Gasteiger partial charge in [-0.05, 0) is 38.1 Å². The maximum absolute atomic E-state index is 13.1. The SMILES string of the molecule is COC(=O)C1=C(C)NC(C)=C([N+](=O)[O-])C1c1ccccc1OCCN1CCN(c2cccc(C(F)(F)F)c2)CC1. The van der Waals surface area contributed by atoms with Crippen molar-refractivity contribution in [2.75, 3.05) is 51.3 Å². The lowest BCUT2D eigenvalue weighted by Crippen LogP contribution is -2.47. The number of hydrogen-bond acceptors (Lipinski definition) is 8. The maximum Gasteiger partial charge on any atom is 0.416 e. The molecule has 12 heteroatoms. The number of alkyl halides is 3. The first-order valence-electron chi connectivity index (χ1n) is 12.8. The van der Waals surface area contributed by atoms with Gasteiger partial charge >= 0.3 is 12.1 Å². The van der Waals surface area contributed by atoms with Gasteiger partial charge in [0.25, 0.3) is 5.70 Å². The van der Waals surface area contributed by atoms with Crippen molar-refractivity contribution < 1.29 is 32.4 Å². The predicted octanol–water partition coefficient (Wildman–Crippen LogP) is 4.55. The van der Waals surface area contributed by atoms with E-state index in [1.165, 1.54) is 19.2 Å². The number of nitro groups is 1. The Morgan fingerprint density at radius 1 is 1.07 bits per heavy atom. The lowest BCUT2D eigenvalue weighted by atomic mass is 9.83. The quantitative estimate of drug-likeness (QED) is 0.286. The summed E-state index contributed by atoms with van der Waals surface area (Å²) in [5, 5.41) is 15.0. The molecule has 1 fully saturated rings. The standard InChI is InChI=1S/C28H31F3N4O5/c1-18-24(27(36)39-3)25(26(35(37)38)19(2)32-18)22-9-4-5-10-23(22)40-16-15-33-11-13-34(14-12-33)21-8-6-7-20(17-21)28(29,30)31/h4-10,17,25,32H,11-16H2,1-3H3. The third-order valence-electron chi connectivity index (χ3n) is 7.13. The molecule has 0 spiro atoms. The fraction of sp³-hybridized carbons (Fsp3) is 0.393. The molecule has 2 heterocycles. The number of hydrogen-bond donors (Lipinski definition) is 1. The van der Waals surface area contributed by atoms with Gasteiger partial charge in [-0.25, -0.2) is 4.79 Å². The van der Waals surface area contributed by atoms with Crippen molar-refractivity contribution in [3.8, 4) is 5.75 Å². The molecule has 1 saturated heterocycles. The van der Waals surface area contributed by atoms with Crippen LogP contribution < -0.4 is 15.0 Å². The van der Waals surface area contributed by atoms with Crippen LogP contribution in [-0.2, 0) is 15.7 Å². The Morgan fingerprint density at radius 3 is 2.42 bits per heavy atom. The van der Waals surface area contributed by atoms with Gasteiger partial charge in [-0.15, -0.1) is 0 Å². The van der Waals surface area contributed by atoms with Crippen molar-refractivity contribution in [3.05, 3.63) is 92.4 Å². The number of halogens is 3. The Labute approximate surface area is 230 Å². The second-order valence-corrected chi connectivity index (χ2v) is 9.62. The molecule has 0 aliphatic carbocycles. The molecule has 0 radical (unpaired) electrons. The first-order valence-corrected chi connectivity index (χ1v) is 12.8. The Hall–Kier alpha value is -4.06. The minimum atomic E-state index is -4.39. The number of carbonyl (C=O) groups is 1. The van der Waals surface area contributed by atoms with Gasteiger partial charge in [-0.1, -0.05) is 24.3 Å². The largest absolute Gasteiger partial charge is 0.492 e. The van der Waals surface area contributed by atoms with Crippen molar-refractivity contribution in [2.24, 2.45) is 0 Å². The lowest BCUT2D eigenvalue weighted by molar-refractivity contribution is -0.431. The molecule has 4 rings (SSSR count). The van der Waals surface area contributed by atoms with Gasteiger partial charge in [0.2, 0.25) is 0 Å². The van der Waals surface area contributed by atoms with Gasteiger partial charge in [-0.3, -0.25) is 15.0 Å². The van der Waals surface area contributed by atoms with Crippen molar-refractivity contribution >= 4 is 11.7 Å². The summed E-state index contributed by atoms with van der Waals surface area (Å²) in [6.45, 7) is 6.48. The van der Waals surface area contributed by atoms with Crippen LogP contribution in [0.25, 0.3) is 0 Å². The summed E-state index contributed by atoms with van der Waals surface area (Å²) in [6, 6.07) is 12.2. The summed E-state index contributed by atoms with van der Waals surface area (Å²) in [5.74, 6) is -1.25. The second kappa shape index (κ2) is 12.0. The third-order valence-corrected chi connectivity index (χ3v) is 7.13. The number of methoxy groups -OCH3 is 1. The van der Waals surface area contributed by atoms with E-state index in [0.717, 1.165) is 6.07 Å². The molecule has 2 aliphatic rings. The van der Waals surface area contributed by atoms with E-state index >= 15 is 0 Å². The summed E-state index contributed by atoms with van der Waals surface area (Å²) < 4.78 is 50.3. The zero-order chi connectivity index (χ0) is 29.0. The van der Waals surface area contributed by atoms with E-state index in [2.05, 4.69) is 10.2 Å². The number of allylic oxidation sites excluding steroid dienone is 3. The summed E-state index contributed by atoms with van der Waals surface area (Å²) in [4.78, 5) is 28.3. The van der Waals surface area contributed by atoms with E-state index in [0.29, 0.717) is 61.1 Å². The van der Waals surface area contributed by atoms with Crippen LogP contribution in [0.4, 0.5) is 18.9 Å². The molecule has 1 N–H and O–H groups in total. The lowest BCUT2D eigenvalue weighted by Gasteiger charge is -2.36. The van der Waals surface area contributed by atoms with Crippen LogP contribution in [0, 0.1) is 10.1 Å². The number of carbonyl (C=O) groups excluding carboxylic acids is 1. The van der Waals surface area contributed by atoms with Crippen molar-refractivity contribution in [3.63, 3.8) is 0 Å². The molecule has 1 atom stereocenters. The van der Waals surface area contributed by atoms with Gasteiger partial charge in [0.1, 0.15) is 18.3 Å². The molecule has 2 aromatic rings. The number of benzene rings is 2. The Kier molecular flexibility index (Phi) is 8.67. The van der Waals surface area contributed by atoms with E-state index in [-0.39, 0.29) is 17.9 Å². The van der Waals surface area contributed by atoms with Gasteiger partial charge in [-0.2, -0.15) is 13.2 Å². The minimum Gasteiger partial charge on any atom is -0.492 e. The molecule has 0 amide bonds. The van der Waals surface area contributed by atoms with E-state index in [9.17, 15) is 28.1 Å². The van der Waals surface area contributed by atoms with Crippen molar-refractivity contribution in [1.82, 2.24) is 10.2 Å². The zero-order valence-corrected chi connectivity index (χ0v) is 22.5. The maximum atomic E-state index is 13.1. The number of anilines is 1. The van der Waals surface area contributed by atoms with Crippen molar-refractivity contribution in [2.45, 2.75) is 25.9 Å². The van der Waals surface area contributed by atoms with Crippen LogP contribution in [0.3, 0.4) is 0 Å².